The Morgan fingerprint density at radius 1 is 1.03 bits per heavy atom. The molecule has 1 fully saturated rings. The van der Waals surface area contributed by atoms with Gasteiger partial charge in [-0.3, -0.25) is 4.79 Å². The van der Waals surface area contributed by atoms with E-state index in [-0.39, 0.29) is 18.3 Å². The molecule has 5 rings (SSSR count). The molecule has 4 aromatic rings. The van der Waals surface area contributed by atoms with Gasteiger partial charge in [0.25, 0.3) is 5.91 Å². The number of hydrogen-bond donors (Lipinski definition) is 1. The third-order valence-electron chi connectivity index (χ3n) is 5.81. The Morgan fingerprint density at radius 2 is 1.74 bits per heavy atom. The minimum Gasteiger partial charge on any atom is -0.399 e. The summed E-state index contributed by atoms with van der Waals surface area (Å²) in [6.45, 7) is 0.460. The number of carbonyl (C=O) groups excluding carboxylic acids is 1. The van der Waals surface area contributed by atoms with Gasteiger partial charge < -0.3 is 15.4 Å². The Morgan fingerprint density at radius 3 is 2.44 bits per heavy atom. The zero-order valence-corrected chi connectivity index (χ0v) is 19.8. The molecule has 34 heavy (non-hydrogen) atoms. The fraction of sp³-hybridized carbons (Fsp3) is 0.154. The number of nitrogens with two attached hydrogens (primary N) is 1. The van der Waals surface area contributed by atoms with Gasteiger partial charge in [-0.2, -0.15) is 5.10 Å². The van der Waals surface area contributed by atoms with Crippen molar-refractivity contribution in [3.63, 3.8) is 0 Å². The van der Waals surface area contributed by atoms with Crippen molar-refractivity contribution in [1.29, 1.82) is 0 Å². The first-order valence-corrected chi connectivity index (χ1v) is 11.6. The van der Waals surface area contributed by atoms with Crippen molar-refractivity contribution in [2.24, 2.45) is 0 Å². The summed E-state index contributed by atoms with van der Waals surface area (Å²) in [7, 11) is 0. The highest BCUT2D eigenvalue weighted by Gasteiger charge is 2.36. The smallest absolute Gasteiger partial charge is 0.251 e. The van der Waals surface area contributed by atoms with E-state index in [1.807, 2.05) is 54.7 Å². The van der Waals surface area contributed by atoms with Crippen molar-refractivity contribution in [2.45, 2.75) is 12.6 Å². The molecule has 1 amide bonds. The number of carbonyl (C=O) groups is 1. The average Bonchev–Trinajstić information content (AvgIpc) is 3.43. The summed E-state index contributed by atoms with van der Waals surface area (Å²) < 4.78 is 22.2. The first-order chi connectivity index (χ1) is 16.5. The molecule has 0 bridgehead atoms. The molecule has 1 aromatic heterocycles. The van der Waals surface area contributed by atoms with Crippen molar-refractivity contribution in [2.75, 3.05) is 18.9 Å². The fourth-order valence-electron chi connectivity index (χ4n) is 4.00. The summed E-state index contributed by atoms with van der Waals surface area (Å²) >= 11 is 3.45. The highest BCUT2D eigenvalue weighted by molar-refractivity contribution is 9.10. The van der Waals surface area contributed by atoms with Gasteiger partial charge in [-0.15, -0.1) is 0 Å². The summed E-state index contributed by atoms with van der Waals surface area (Å²) in [5.41, 5.74) is 10.6. The number of ether oxygens (including phenoxy) is 1. The molecule has 1 aliphatic heterocycles. The number of amides is 1. The summed E-state index contributed by atoms with van der Waals surface area (Å²) in [5, 5.41) is 4.81. The minimum absolute atomic E-state index is 0.0135. The highest BCUT2D eigenvalue weighted by atomic mass is 79.9. The lowest BCUT2D eigenvalue weighted by atomic mass is 10.1. The maximum atomic E-state index is 13.6. The molecule has 2 N–H and O–H groups in total. The Bertz CT molecular complexity index is 1300. The Kier molecular flexibility index (Phi) is 6.17. The first-order valence-electron chi connectivity index (χ1n) is 10.8. The normalized spacial score (nSPS) is 15.8. The van der Waals surface area contributed by atoms with Crippen LogP contribution in [0.4, 0.5) is 10.1 Å². The Balaban J connectivity index is 1.50. The molecule has 6 nitrogen and oxygen atoms in total. The Labute approximate surface area is 204 Å². The predicted molar refractivity (Wildman–Crippen MR) is 132 cm³/mol. The predicted octanol–water partition coefficient (Wildman–Crippen LogP) is 5.12. The standard InChI is InChI=1S/C26H22BrFN4O2/c27-19-5-11-22(12-6-19)32-15-23(18-3-7-20(28)8-4-18)25(30-32)26-31(24(33)16-34-26)14-13-17-1-9-21(29)10-2-17/h1-12,15,26H,13-14,16,29H2/t26-/m0/s1. The van der Waals surface area contributed by atoms with E-state index < -0.39 is 6.23 Å². The molecule has 0 saturated carbocycles. The molecule has 1 saturated heterocycles. The van der Waals surface area contributed by atoms with E-state index >= 15 is 0 Å². The van der Waals surface area contributed by atoms with E-state index in [0.717, 1.165) is 26.9 Å². The summed E-state index contributed by atoms with van der Waals surface area (Å²) in [5.74, 6) is -0.410. The van der Waals surface area contributed by atoms with Crippen LogP contribution in [0.5, 0.6) is 0 Å². The van der Waals surface area contributed by atoms with Gasteiger partial charge in [-0.1, -0.05) is 40.2 Å². The molecule has 0 unspecified atom stereocenters. The molecule has 172 valence electrons. The third kappa shape index (κ3) is 4.60. The maximum Gasteiger partial charge on any atom is 0.251 e. The number of aromatic nitrogens is 2. The van der Waals surface area contributed by atoms with Gasteiger partial charge in [0.2, 0.25) is 0 Å². The molecule has 0 aliphatic carbocycles. The third-order valence-corrected chi connectivity index (χ3v) is 6.34. The van der Waals surface area contributed by atoms with Crippen molar-refractivity contribution < 1.29 is 13.9 Å². The number of nitrogens with zero attached hydrogens (tertiary/aromatic N) is 3. The van der Waals surface area contributed by atoms with Crippen LogP contribution < -0.4 is 5.73 Å². The number of hydrogen-bond acceptors (Lipinski definition) is 4. The lowest BCUT2D eigenvalue weighted by Gasteiger charge is -2.23. The van der Waals surface area contributed by atoms with E-state index in [2.05, 4.69) is 15.9 Å². The SMILES string of the molecule is Nc1ccc(CCN2C(=O)CO[C@H]2c2nn(-c3ccc(Br)cc3)cc2-c2ccc(F)cc2)cc1. The summed E-state index contributed by atoms with van der Waals surface area (Å²) in [6.07, 6.45) is 1.90. The molecule has 0 radical (unpaired) electrons. The van der Waals surface area contributed by atoms with Crippen LogP contribution in [-0.4, -0.2) is 33.7 Å². The van der Waals surface area contributed by atoms with E-state index in [9.17, 15) is 9.18 Å². The van der Waals surface area contributed by atoms with Crippen molar-refractivity contribution in [3.05, 3.63) is 101 Å². The maximum absolute atomic E-state index is 13.6. The number of nitrogen functional groups attached to an aromatic ring is 1. The van der Waals surface area contributed by atoms with Crippen LogP contribution in [0, 0.1) is 5.82 Å². The molecular weight excluding hydrogens is 499 g/mol. The largest absolute Gasteiger partial charge is 0.399 e. The van der Waals surface area contributed by atoms with Gasteiger partial charge in [0.15, 0.2) is 6.23 Å². The molecule has 3 aromatic carbocycles. The van der Waals surface area contributed by atoms with Crippen LogP contribution in [0.25, 0.3) is 16.8 Å². The van der Waals surface area contributed by atoms with Crippen molar-refractivity contribution in [1.82, 2.24) is 14.7 Å². The van der Waals surface area contributed by atoms with Crippen LogP contribution >= 0.6 is 15.9 Å². The average molecular weight is 521 g/mol. The van der Waals surface area contributed by atoms with E-state index in [1.165, 1.54) is 12.1 Å². The zero-order chi connectivity index (χ0) is 23.7. The number of anilines is 1. The highest BCUT2D eigenvalue weighted by Crippen LogP contribution is 2.35. The zero-order valence-electron chi connectivity index (χ0n) is 18.2. The Hall–Kier alpha value is -3.49. The van der Waals surface area contributed by atoms with E-state index in [1.54, 1.807) is 21.7 Å². The van der Waals surface area contributed by atoms with E-state index in [0.29, 0.717) is 24.3 Å². The fourth-order valence-corrected chi connectivity index (χ4v) is 4.27. The van der Waals surface area contributed by atoms with Crippen LogP contribution in [0.1, 0.15) is 17.5 Å². The molecular formula is C26H22BrFN4O2. The monoisotopic (exact) mass is 520 g/mol. The van der Waals surface area contributed by atoms with Crippen LogP contribution in [0.15, 0.2) is 83.5 Å². The number of halogens is 2. The second-order valence-corrected chi connectivity index (χ2v) is 9.01. The van der Waals surface area contributed by atoms with Crippen molar-refractivity contribution in [3.8, 4) is 16.8 Å². The summed E-state index contributed by atoms with van der Waals surface area (Å²) in [6, 6.07) is 21.6. The minimum atomic E-state index is -0.641. The molecule has 0 spiro atoms. The summed E-state index contributed by atoms with van der Waals surface area (Å²) in [4.78, 5) is 14.4. The van der Waals surface area contributed by atoms with Crippen molar-refractivity contribution >= 4 is 27.5 Å². The van der Waals surface area contributed by atoms with Gasteiger partial charge in [-0.25, -0.2) is 9.07 Å². The van der Waals surface area contributed by atoms with Gasteiger partial charge in [0.1, 0.15) is 18.1 Å². The second kappa shape index (κ2) is 9.40. The molecule has 1 aliphatic rings. The number of benzene rings is 3. The molecule has 1 atom stereocenters. The van der Waals surface area contributed by atoms with Gasteiger partial charge in [0, 0.05) is 28.5 Å². The number of rotatable bonds is 6. The molecule has 8 heteroatoms. The quantitative estimate of drug-likeness (QED) is 0.358. The molecule has 2 heterocycles. The van der Waals surface area contributed by atoms with Crippen LogP contribution in [0.2, 0.25) is 0 Å². The van der Waals surface area contributed by atoms with Crippen LogP contribution in [0.3, 0.4) is 0 Å². The van der Waals surface area contributed by atoms with Gasteiger partial charge >= 0.3 is 0 Å². The van der Waals surface area contributed by atoms with Crippen LogP contribution in [-0.2, 0) is 16.0 Å². The van der Waals surface area contributed by atoms with Gasteiger partial charge in [0.05, 0.1) is 5.69 Å². The van der Waals surface area contributed by atoms with Gasteiger partial charge in [-0.05, 0) is 66.1 Å². The lowest BCUT2D eigenvalue weighted by Crippen LogP contribution is -2.31. The topological polar surface area (TPSA) is 73.4 Å². The second-order valence-electron chi connectivity index (χ2n) is 8.10. The van der Waals surface area contributed by atoms with E-state index in [4.69, 9.17) is 15.6 Å². The lowest BCUT2D eigenvalue weighted by molar-refractivity contribution is -0.128. The first kappa shape index (κ1) is 22.3.